The van der Waals surface area contributed by atoms with E-state index in [4.69, 9.17) is 11.6 Å². The third-order valence-electron chi connectivity index (χ3n) is 3.09. The Morgan fingerprint density at radius 1 is 1.29 bits per heavy atom. The van der Waals surface area contributed by atoms with Gasteiger partial charge < -0.3 is 4.90 Å². The van der Waals surface area contributed by atoms with E-state index in [1.165, 1.54) is 0 Å². The predicted octanol–water partition coefficient (Wildman–Crippen LogP) is 1.17. The second-order valence-corrected chi connectivity index (χ2v) is 4.60. The standard InChI is InChI=1S/C10H19ClN2O/c1-4-12-5-7-13(8-6-12)10(2,3)9(11)14/h4-8H2,1-3H3. The van der Waals surface area contributed by atoms with Crippen LogP contribution in [0.25, 0.3) is 0 Å². The first kappa shape index (κ1) is 12.0. The van der Waals surface area contributed by atoms with Gasteiger partial charge in [0.15, 0.2) is 0 Å². The molecule has 0 N–H and O–H groups in total. The van der Waals surface area contributed by atoms with Gasteiger partial charge >= 0.3 is 0 Å². The van der Waals surface area contributed by atoms with Crippen LogP contribution < -0.4 is 0 Å². The first-order chi connectivity index (χ1) is 6.48. The molecule has 0 bridgehead atoms. The molecule has 1 heterocycles. The maximum Gasteiger partial charge on any atom is 0.241 e. The zero-order chi connectivity index (χ0) is 10.8. The fourth-order valence-corrected chi connectivity index (χ4v) is 1.87. The largest absolute Gasteiger partial charge is 0.301 e. The highest BCUT2D eigenvalue weighted by Crippen LogP contribution is 2.19. The normalized spacial score (nSPS) is 21.1. The minimum Gasteiger partial charge on any atom is -0.301 e. The lowest BCUT2D eigenvalue weighted by Crippen LogP contribution is -2.56. The highest BCUT2D eigenvalue weighted by atomic mass is 35.5. The summed E-state index contributed by atoms with van der Waals surface area (Å²) in [5, 5.41) is -0.262. The number of piperazine rings is 1. The number of hydrogen-bond donors (Lipinski definition) is 0. The van der Waals surface area contributed by atoms with Gasteiger partial charge in [-0.05, 0) is 32.0 Å². The van der Waals surface area contributed by atoms with Crippen molar-refractivity contribution in [2.24, 2.45) is 0 Å². The van der Waals surface area contributed by atoms with Crippen molar-refractivity contribution in [3.63, 3.8) is 0 Å². The van der Waals surface area contributed by atoms with Gasteiger partial charge in [0.05, 0.1) is 5.54 Å². The topological polar surface area (TPSA) is 23.6 Å². The molecule has 0 aromatic heterocycles. The summed E-state index contributed by atoms with van der Waals surface area (Å²) >= 11 is 5.58. The van der Waals surface area contributed by atoms with Crippen LogP contribution >= 0.6 is 11.6 Å². The Balaban J connectivity index is 2.53. The molecular formula is C10H19ClN2O. The highest BCUT2D eigenvalue weighted by Gasteiger charge is 2.34. The molecular weight excluding hydrogens is 200 g/mol. The molecule has 1 aliphatic rings. The quantitative estimate of drug-likeness (QED) is 0.665. The summed E-state index contributed by atoms with van der Waals surface area (Å²) in [7, 11) is 0. The van der Waals surface area contributed by atoms with Gasteiger partial charge in [0.1, 0.15) is 0 Å². The van der Waals surface area contributed by atoms with Crippen LogP contribution in [0.3, 0.4) is 0 Å². The number of carbonyl (C=O) groups excluding carboxylic acids is 1. The molecule has 0 saturated carbocycles. The van der Waals surface area contributed by atoms with Crippen LogP contribution in [-0.4, -0.2) is 53.3 Å². The van der Waals surface area contributed by atoms with Crippen molar-refractivity contribution in [1.82, 2.24) is 9.80 Å². The molecule has 0 aromatic rings. The maximum absolute atomic E-state index is 11.2. The first-order valence-corrected chi connectivity index (χ1v) is 5.53. The van der Waals surface area contributed by atoms with Crippen LogP contribution in [0.2, 0.25) is 0 Å². The monoisotopic (exact) mass is 218 g/mol. The maximum atomic E-state index is 11.2. The van der Waals surface area contributed by atoms with E-state index in [2.05, 4.69) is 16.7 Å². The van der Waals surface area contributed by atoms with Gasteiger partial charge in [-0.15, -0.1) is 0 Å². The molecule has 0 amide bonds. The lowest BCUT2D eigenvalue weighted by molar-refractivity contribution is -0.122. The molecule has 1 saturated heterocycles. The molecule has 1 fully saturated rings. The summed E-state index contributed by atoms with van der Waals surface area (Å²) < 4.78 is 0. The Bertz CT molecular complexity index is 210. The smallest absolute Gasteiger partial charge is 0.241 e. The van der Waals surface area contributed by atoms with E-state index < -0.39 is 5.54 Å². The van der Waals surface area contributed by atoms with E-state index in [0.29, 0.717) is 0 Å². The number of likely N-dealkylation sites (N-methyl/N-ethyl adjacent to an activating group) is 1. The van der Waals surface area contributed by atoms with Crippen molar-refractivity contribution in [2.45, 2.75) is 26.3 Å². The molecule has 1 aliphatic heterocycles. The van der Waals surface area contributed by atoms with E-state index in [9.17, 15) is 4.79 Å². The van der Waals surface area contributed by atoms with Crippen LogP contribution in [0, 0.1) is 0 Å². The Labute approximate surface area is 91.0 Å². The van der Waals surface area contributed by atoms with Gasteiger partial charge in [0, 0.05) is 26.2 Å². The summed E-state index contributed by atoms with van der Waals surface area (Å²) in [6, 6.07) is 0. The number of hydrogen-bond acceptors (Lipinski definition) is 3. The van der Waals surface area contributed by atoms with Crippen molar-refractivity contribution in [3.05, 3.63) is 0 Å². The average molecular weight is 219 g/mol. The first-order valence-electron chi connectivity index (χ1n) is 5.15. The Hall–Kier alpha value is -0.120. The van der Waals surface area contributed by atoms with Crippen LogP contribution in [0.15, 0.2) is 0 Å². The fourth-order valence-electron chi connectivity index (χ4n) is 1.75. The van der Waals surface area contributed by atoms with Crippen LogP contribution in [0.1, 0.15) is 20.8 Å². The van der Waals surface area contributed by atoms with E-state index >= 15 is 0 Å². The fraction of sp³-hybridized carbons (Fsp3) is 0.900. The SMILES string of the molecule is CCN1CCN(C(C)(C)C(=O)Cl)CC1. The van der Waals surface area contributed by atoms with Gasteiger partial charge in [-0.3, -0.25) is 9.69 Å². The molecule has 3 nitrogen and oxygen atoms in total. The number of nitrogens with zero attached hydrogens (tertiary/aromatic N) is 2. The third-order valence-corrected chi connectivity index (χ3v) is 3.55. The highest BCUT2D eigenvalue weighted by molar-refractivity contribution is 6.65. The van der Waals surface area contributed by atoms with Gasteiger partial charge in [-0.1, -0.05) is 6.92 Å². The number of carbonyl (C=O) groups is 1. The lowest BCUT2D eigenvalue weighted by atomic mass is 10.0. The second-order valence-electron chi connectivity index (χ2n) is 4.25. The lowest BCUT2D eigenvalue weighted by Gasteiger charge is -2.41. The van der Waals surface area contributed by atoms with Crippen LogP contribution in [-0.2, 0) is 4.79 Å². The zero-order valence-corrected chi connectivity index (χ0v) is 9.97. The molecule has 1 rings (SSSR count). The summed E-state index contributed by atoms with van der Waals surface area (Å²) in [6.45, 7) is 11.0. The zero-order valence-electron chi connectivity index (χ0n) is 9.22. The average Bonchev–Trinajstić information content (AvgIpc) is 2.17. The minimum absolute atomic E-state index is 0.262. The molecule has 0 unspecified atom stereocenters. The minimum atomic E-state index is -0.513. The van der Waals surface area contributed by atoms with Gasteiger partial charge in [-0.25, -0.2) is 0 Å². The van der Waals surface area contributed by atoms with Crippen molar-refractivity contribution >= 4 is 16.8 Å². The van der Waals surface area contributed by atoms with E-state index in [1.807, 2.05) is 13.8 Å². The van der Waals surface area contributed by atoms with E-state index in [0.717, 1.165) is 32.7 Å². The van der Waals surface area contributed by atoms with E-state index in [-0.39, 0.29) is 5.24 Å². The number of halogens is 1. The summed E-state index contributed by atoms with van der Waals surface area (Å²) in [5.41, 5.74) is -0.513. The summed E-state index contributed by atoms with van der Waals surface area (Å²) in [6.07, 6.45) is 0. The molecule has 14 heavy (non-hydrogen) atoms. The third kappa shape index (κ3) is 2.47. The Kier molecular flexibility index (Phi) is 3.93. The molecule has 0 spiro atoms. The molecule has 0 atom stereocenters. The molecule has 0 aromatic carbocycles. The van der Waals surface area contributed by atoms with Gasteiger partial charge in [0.2, 0.25) is 5.24 Å². The van der Waals surface area contributed by atoms with Gasteiger partial charge in [-0.2, -0.15) is 0 Å². The predicted molar refractivity (Wildman–Crippen MR) is 58.6 cm³/mol. The van der Waals surface area contributed by atoms with Crippen molar-refractivity contribution in [2.75, 3.05) is 32.7 Å². The van der Waals surface area contributed by atoms with Crippen LogP contribution in [0.5, 0.6) is 0 Å². The Morgan fingerprint density at radius 2 is 1.79 bits per heavy atom. The molecule has 4 heteroatoms. The molecule has 0 aliphatic carbocycles. The molecule has 82 valence electrons. The van der Waals surface area contributed by atoms with E-state index in [1.54, 1.807) is 0 Å². The van der Waals surface area contributed by atoms with Crippen molar-refractivity contribution in [3.8, 4) is 0 Å². The van der Waals surface area contributed by atoms with Crippen molar-refractivity contribution < 1.29 is 4.79 Å². The van der Waals surface area contributed by atoms with Crippen molar-refractivity contribution in [1.29, 1.82) is 0 Å². The van der Waals surface area contributed by atoms with Gasteiger partial charge in [0.25, 0.3) is 0 Å². The summed E-state index contributed by atoms with van der Waals surface area (Å²) in [4.78, 5) is 15.8. The molecule has 0 radical (unpaired) electrons. The Morgan fingerprint density at radius 3 is 2.14 bits per heavy atom. The number of rotatable bonds is 3. The van der Waals surface area contributed by atoms with Crippen LogP contribution in [0.4, 0.5) is 0 Å². The second kappa shape index (κ2) is 4.60. The summed E-state index contributed by atoms with van der Waals surface area (Å²) in [5.74, 6) is 0.